The summed E-state index contributed by atoms with van der Waals surface area (Å²) in [6.07, 6.45) is -0.334. The van der Waals surface area contributed by atoms with E-state index in [-0.39, 0.29) is 12.0 Å². The van der Waals surface area contributed by atoms with E-state index in [4.69, 9.17) is 33.0 Å². The monoisotopic (exact) mass is 234 g/mol. The molecule has 0 fully saturated rings. The van der Waals surface area contributed by atoms with Crippen LogP contribution in [0.4, 0.5) is 0 Å². The Morgan fingerprint density at radius 2 is 2.11 bits per heavy atom. The lowest BCUT2D eigenvalue weighted by molar-refractivity contribution is 0.133. The normalized spacial score (nSPS) is 29.6. The molecule has 0 amide bonds. The van der Waals surface area contributed by atoms with Gasteiger partial charge < -0.3 is 14.8 Å². The molecule has 3 unspecified atom stereocenters. The molecule has 7 heteroatoms. The van der Waals surface area contributed by atoms with Crippen molar-refractivity contribution < 1.29 is 9.47 Å². The van der Waals surface area contributed by atoms with Crippen molar-refractivity contribution in [2.75, 3.05) is 6.61 Å². The first-order chi connectivity index (χ1) is 8.63. The largest absolute Gasteiger partial charge is 0.485 e. The Bertz CT molecular complexity index is 509. The molecule has 1 aromatic rings. The van der Waals surface area contributed by atoms with Crippen LogP contribution in [0.3, 0.4) is 0 Å². The van der Waals surface area contributed by atoms with Crippen molar-refractivity contribution >= 4 is 34.8 Å². The SMILES string of the molecule is [B]c1ccc2c(c1)OC(C1=NC([B])C([B])N1)CO2. The summed E-state index contributed by atoms with van der Waals surface area (Å²) >= 11 is 0. The highest BCUT2D eigenvalue weighted by Crippen LogP contribution is 2.30. The van der Waals surface area contributed by atoms with Crippen molar-refractivity contribution in [3.63, 3.8) is 0 Å². The molecule has 0 aliphatic carbocycles. The van der Waals surface area contributed by atoms with Gasteiger partial charge in [0.25, 0.3) is 0 Å². The van der Waals surface area contributed by atoms with Crippen molar-refractivity contribution in [3.8, 4) is 11.5 Å². The molecular weight excluding hydrogens is 225 g/mol. The summed E-state index contributed by atoms with van der Waals surface area (Å²) < 4.78 is 11.4. The molecule has 0 aromatic heterocycles. The summed E-state index contributed by atoms with van der Waals surface area (Å²) in [7, 11) is 17.1. The summed E-state index contributed by atoms with van der Waals surface area (Å²) in [5.74, 6) is 1.05. The third-order valence-corrected chi connectivity index (χ3v) is 2.90. The van der Waals surface area contributed by atoms with Crippen LogP contribution < -0.4 is 20.3 Å². The second-order valence-electron chi connectivity index (χ2n) is 4.30. The molecule has 0 spiro atoms. The van der Waals surface area contributed by atoms with Gasteiger partial charge in [-0.3, -0.25) is 4.99 Å². The first-order valence-electron chi connectivity index (χ1n) is 5.68. The molecule has 3 rings (SSSR count). The predicted octanol–water partition coefficient (Wildman–Crippen LogP) is -1.39. The molecule has 0 bridgehead atoms. The maximum Gasteiger partial charge on any atom is 0.189 e. The highest BCUT2D eigenvalue weighted by Gasteiger charge is 2.31. The maximum absolute atomic E-state index is 5.78. The molecule has 6 radical (unpaired) electrons. The van der Waals surface area contributed by atoms with Crippen LogP contribution in [0.1, 0.15) is 0 Å². The lowest BCUT2D eigenvalue weighted by Gasteiger charge is -2.27. The van der Waals surface area contributed by atoms with E-state index in [1.54, 1.807) is 18.2 Å². The predicted molar refractivity (Wildman–Crippen MR) is 71.4 cm³/mol. The Morgan fingerprint density at radius 3 is 2.83 bits per heavy atom. The summed E-state index contributed by atoms with van der Waals surface area (Å²) in [6.45, 7) is 0.363. The molecule has 4 nitrogen and oxygen atoms in total. The van der Waals surface area contributed by atoms with Crippen molar-refractivity contribution in [1.29, 1.82) is 0 Å². The van der Waals surface area contributed by atoms with E-state index >= 15 is 0 Å². The zero-order valence-electron chi connectivity index (χ0n) is 9.67. The van der Waals surface area contributed by atoms with Gasteiger partial charge in [0.05, 0.1) is 0 Å². The molecule has 2 aliphatic heterocycles. The number of aliphatic imine (C=N–C) groups is 1. The highest BCUT2D eigenvalue weighted by molar-refractivity contribution is 6.32. The highest BCUT2D eigenvalue weighted by atomic mass is 16.6. The van der Waals surface area contributed by atoms with Gasteiger partial charge in [-0.05, 0) is 12.1 Å². The minimum absolute atomic E-state index is 0.334. The molecule has 0 saturated carbocycles. The van der Waals surface area contributed by atoms with E-state index in [0.29, 0.717) is 29.4 Å². The molecule has 2 aliphatic rings. The zero-order chi connectivity index (χ0) is 12.7. The van der Waals surface area contributed by atoms with E-state index in [9.17, 15) is 0 Å². The number of ether oxygens (including phenoxy) is 2. The topological polar surface area (TPSA) is 42.8 Å². The summed E-state index contributed by atoms with van der Waals surface area (Å²) in [5.41, 5.74) is 0.618. The van der Waals surface area contributed by atoms with Crippen molar-refractivity contribution in [3.05, 3.63) is 18.2 Å². The smallest absolute Gasteiger partial charge is 0.189 e. The van der Waals surface area contributed by atoms with Crippen LogP contribution in [0.5, 0.6) is 11.5 Å². The van der Waals surface area contributed by atoms with Crippen LogP contribution in [0.2, 0.25) is 0 Å². The van der Waals surface area contributed by atoms with Crippen LogP contribution in [0.15, 0.2) is 23.2 Å². The first-order valence-corrected chi connectivity index (χ1v) is 5.68. The minimum atomic E-state index is -0.453. The summed E-state index contributed by atoms with van der Waals surface area (Å²) in [4.78, 5) is 4.21. The van der Waals surface area contributed by atoms with E-state index in [2.05, 4.69) is 10.3 Å². The Balaban J connectivity index is 1.81. The molecule has 0 saturated heterocycles. The summed E-state index contributed by atoms with van der Waals surface area (Å²) in [5, 5.41) is 2.99. The Kier molecular flexibility index (Phi) is 2.76. The number of rotatable bonds is 1. The quantitative estimate of drug-likeness (QED) is 0.608. The summed E-state index contributed by atoms with van der Waals surface area (Å²) in [6, 6.07) is 5.26. The number of benzene rings is 1. The van der Waals surface area contributed by atoms with E-state index in [1.165, 1.54) is 0 Å². The van der Waals surface area contributed by atoms with Gasteiger partial charge in [0.1, 0.15) is 36.0 Å². The number of nitrogens with zero attached hydrogens (tertiary/aromatic N) is 1. The number of hydrogen-bond acceptors (Lipinski definition) is 4. The number of fused-ring (bicyclic) bond motifs is 1. The third kappa shape index (κ3) is 1.98. The Labute approximate surface area is 109 Å². The van der Waals surface area contributed by atoms with Crippen LogP contribution in [-0.4, -0.2) is 54.0 Å². The standard InChI is InChI=1S/C11H9B3N2O2/c12-5-1-2-6-7(3-5)18-8(4-17-6)11-15-9(13)10(14)16-11/h1-3,8-10H,4H2,(H,15,16). The minimum Gasteiger partial charge on any atom is -0.485 e. The lowest BCUT2D eigenvalue weighted by Crippen LogP contribution is -2.45. The van der Waals surface area contributed by atoms with Gasteiger partial charge >= 0.3 is 0 Å². The fourth-order valence-corrected chi connectivity index (χ4v) is 1.93. The molecule has 3 atom stereocenters. The van der Waals surface area contributed by atoms with Gasteiger partial charge in [0.2, 0.25) is 0 Å². The van der Waals surface area contributed by atoms with Crippen molar-refractivity contribution in [2.45, 2.75) is 18.0 Å². The lowest BCUT2D eigenvalue weighted by atomic mass is 9.79. The molecule has 18 heavy (non-hydrogen) atoms. The van der Waals surface area contributed by atoms with Crippen molar-refractivity contribution in [2.24, 2.45) is 4.99 Å². The fraction of sp³-hybridized carbons (Fsp3) is 0.364. The van der Waals surface area contributed by atoms with Crippen molar-refractivity contribution in [1.82, 2.24) is 5.32 Å². The number of amidine groups is 1. The molecule has 2 heterocycles. The number of nitrogens with one attached hydrogen (secondary N) is 1. The van der Waals surface area contributed by atoms with Crippen LogP contribution >= 0.6 is 0 Å². The van der Waals surface area contributed by atoms with E-state index in [0.717, 1.165) is 0 Å². The average molecular weight is 234 g/mol. The van der Waals surface area contributed by atoms with E-state index in [1.807, 2.05) is 0 Å². The van der Waals surface area contributed by atoms with Gasteiger partial charge in [-0.2, -0.15) is 0 Å². The number of hydrogen-bond donors (Lipinski definition) is 1. The molecule has 1 N–H and O–H groups in total. The zero-order valence-corrected chi connectivity index (χ0v) is 9.67. The first kappa shape index (κ1) is 11.6. The second-order valence-corrected chi connectivity index (χ2v) is 4.30. The third-order valence-electron chi connectivity index (χ3n) is 2.90. The maximum atomic E-state index is 5.78. The van der Waals surface area contributed by atoms with Gasteiger partial charge in [0, 0.05) is 11.9 Å². The molecule has 1 aromatic carbocycles. The van der Waals surface area contributed by atoms with Gasteiger partial charge in [-0.1, -0.05) is 11.5 Å². The second kappa shape index (κ2) is 4.30. The van der Waals surface area contributed by atoms with E-state index < -0.39 is 5.94 Å². The fourth-order valence-electron chi connectivity index (χ4n) is 1.93. The van der Waals surface area contributed by atoms with Gasteiger partial charge in [0.15, 0.2) is 17.6 Å². The average Bonchev–Trinajstić information content (AvgIpc) is 2.69. The van der Waals surface area contributed by atoms with Crippen LogP contribution in [0, 0.1) is 0 Å². The Morgan fingerprint density at radius 1 is 1.28 bits per heavy atom. The van der Waals surface area contributed by atoms with Crippen LogP contribution in [0.25, 0.3) is 0 Å². The molecular formula is C11H9B3N2O2. The van der Waals surface area contributed by atoms with Gasteiger partial charge in [-0.15, -0.1) is 0 Å². The molecule has 84 valence electrons. The Hall–Kier alpha value is -1.52. The van der Waals surface area contributed by atoms with Crippen LogP contribution in [-0.2, 0) is 0 Å². The van der Waals surface area contributed by atoms with Gasteiger partial charge in [-0.25, -0.2) is 0 Å².